The van der Waals surface area contributed by atoms with Gasteiger partial charge in [-0.2, -0.15) is 0 Å². The zero-order valence-corrected chi connectivity index (χ0v) is 20.4. The predicted octanol–water partition coefficient (Wildman–Crippen LogP) is 2.36. The molecule has 2 fully saturated rings. The summed E-state index contributed by atoms with van der Waals surface area (Å²) in [6, 6.07) is 3.09. The van der Waals surface area contributed by atoms with E-state index in [1.54, 1.807) is 26.2 Å². The second-order valence-corrected chi connectivity index (χ2v) is 9.06. The highest BCUT2D eigenvalue weighted by Crippen LogP contribution is 2.45. The van der Waals surface area contributed by atoms with Crippen molar-refractivity contribution in [3.63, 3.8) is 0 Å². The van der Waals surface area contributed by atoms with Crippen LogP contribution in [0.5, 0.6) is 17.2 Å². The van der Waals surface area contributed by atoms with Crippen LogP contribution in [0.1, 0.15) is 62.8 Å². The van der Waals surface area contributed by atoms with E-state index in [1.807, 2.05) is 12.1 Å². The van der Waals surface area contributed by atoms with Gasteiger partial charge >= 0.3 is 0 Å². The summed E-state index contributed by atoms with van der Waals surface area (Å²) in [5.41, 5.74) is 6.00. The molecule has 1 saturated carbocycles. The van der Waals surface area contributed by atoms with Crippen LogP contribution >= 0.6 is 0 Å². The van der Waals surface area contributed by atoms with E-state index in [-0.39, 0.29) is 24.3 Å². The molecule has 1 aromatic rings. The number of carbonyl (C=O) groups is 3. The molecule has 9 nitrogen and oxygen atoms in total. The van der Waals surface area contributed by atoms with Gasteiger partial charge < -0.3 is 30.2 Å². The van der Waals surface area contributed by atoms with Crippen molar-refractivity contribution in [3.05, 3.63) is 17.7 Å². The molecule has 2 aliphatic rings. The zero-order chi connectivity index (χ0) is 24.7. The molecule has 0 bridgehead atoms. The Hall–Kier alpha value is -2.97. The number of nitrogens with zero attached hydrogens (tertiary/aromatic N) is 1. The monoisotopic (exact) mass is 475 g/mol. The number of ether oxygens (including phenoxy) is 3. The number of likely N-dealkylation sites (tertiary alicyclic amines) is 1. The third-order valence-corrected chi connectivity index (χ3v) is 6.96. The van der Waals surface area contributed by atoms with Crippen LogP contribution in [-0.4, -0.2) is 63.1 Å². The Labute approximate surface area is 201 Å². The second kappa shape index (κ2) is 11.9. The van der Waals surface area contributed by atoms with Gasteiger partial charge in [-0.05, 0) is 55.7 Å². The molecule has 0 aromatic heterocycles. The molecule has 1 aliphatic carbocycles. The van der Waals surface area contributed by atoms with E-state index in [9.17, 15) is 14.4 Å². The minimum absolute atomic E-state index is 0.0694. The first-order chi connectivity index (χ1) is 16.4. The summed E-state index contributed by atoms with van der Waals surface area (Å²) in [7, 11) is 4.66. The molecular weight excluding hydrogens is 438 g/mol. The maximum atomic E-state index is 14.1. The maximum absolute atomic E-state index is 14.1. The lowest BCUT2D eigenvalue weighted by Crippen LogP contribution is -2.54. The number of primary amides is 1. The molecule has 3 amide bonds. The average molecular weight is 476 g/mol. The summed E-state index contributed by atoms with van der Waals surface area (Å²) in [4.78, 5) is 39.9. The predicted molar refractivity (Wildman–Crippen MR) is 127 cm³/mol. The molecule has 188 valence electrons. The lowest BCUT2D eigenvalue weighted by atomic mass is 9.75. The number of hydrogen-bond donors (Lipinski definition) is 2. The highest BCUT2D eigenvalue weighted by atomic mass is 16.5. The minimum Gasteiger partial charge on any atom is -0.493 e. The Bertz CT molecular complexity index is 858. The Balaban J connectivity index is 1.99. The van der Waals surface area contributed by atoms with E-state index < -0.39 is 17.9 Å². The summed E-state index contributed by atoms with van der Waals surface area (Å²) in [6.45, 7) is 0.261. The van der Waals surface area contributed by atoms with Crippen molar-refractivity contribution < 1.29 is 28.6 Å². The number of benzene rings is 1. The lowest BCUT2D eigenvalue weighted by Gasteiger charge is -2.39. The summed E-state index contributed by atoms with van der Waals surface area (Å²) in [6.07, 6.45) is 7.42. The van der Waals surface area contributed by atoms with Crippen molar-refractivity contribution >= 4 is 17.7 Å². The van der Waals surface area contributed by atoms with Crippen LogP contribution in [0.3, 0.4) is 0 Å². The fraction of sp³-hybridized carbons (Fsp3) is 0.640. The first kappa shape index (κ1) is 25.6. The van der Waals surface area contributed by atoms with Crippen molar-refractivity contribution in [2.45, 2.75) is 63.3 Å². The fourth-order valence-electron chi connectivity index (χ4n) is 5.30. The number of nitrogens with one attached hydrogen (secondary N) is 1. The molecule has 1 unspecified atom stereocenters. The molecule has 3 rings (SSSR count). The number of amides is 3. The molecule has 2 atom stereocenters. The van der Waals surface area contributed by atoms with Crippen molar-refractivity contribution in [1.82, 2.24) is 10.2 Å². The average Bonchev–Trinajstić information content (AvgIpc) is 2.87. The van der Waals surface area contributed by atoms with Gasteiger partial charge in [0, 0.05) is 6.54 Å². The normalized spacial score (nSPS) is 19.7. The first-order valence-corrected chi connectivity index (χ1v) is 12.1. The second-order valence-electron chi connectivity index (χ2n) is 9.06. The van der Waals surface area contributed by atoms with Crippen molar-refractivity contribution in [2.24, 2.45) is 11.7 Å². The van der Waals surface area contributed by atoms with Crippen LogP contribution in [0.4, 0.5) is 0 Å². The number of nitrogens with two attached hydrogens (primary N) is 1. The summed E-state index contributed by atoms with van der Waals surface area (Å²) in [5, 5.41) is 2.58. The number of methoxy groups -OCH3 is 3. The Morgan fingerprint density at radius 3 is 2.15 bits per heavy atom. The van der Waals surface area contributed by atoms with Gasteiger partial charge in [0.1, 0.15) is 6.04 Å². The molecule has 0 spiro atoms. The third kappa shape index (κ3) is 5.74. The standard InChI is InChI=1S/C25H37N3O6/c1-32-19-13-17(14-20(33-2)23(19)34-3)22(16-9-5-4-6-10-16)25(31)28-12-8-7-11-18(28)24(30)27-15-21(26)29/h13-14,16,18,22H,4-12,15H2,1-3H3,(H2,26,29)(H,27,30)/t18-,22?/m0/s1. The Morgan fingerprint density at radius 1 is 0.971 bits per heavy atom. The molecule has 3 N–H and O–H groups in total. The van der Waals surface area contributed by atoms with Gasteiger partial charge in [0.25, 0.3) is 0 Å². The van der Waals surface area contributed by atoms with Gasteiger partial charge in [0.2, 0.25) is 23.5 Å². The SMILES string of the molecule is COc1cc(C(C(=O)N2CCCC[C@H]2C(=O)NCC(N)=O)C2CCCCC2)cc(OC)c1OC. The fourth-order valence-corrected chi connectivity index (χ4v) is 5.30. The van der Waals surface area contributed by atoms with Gasteiger partial charge in [-0.3, -0.25) is 14.4 Å². The van der Waals surface area contributed by atoms with Crippen LogP contribution in [0, 0.1) is 5.92 Å². The minimum atomic E-state index is -0.617. The molecule has 1 aromatic carbocycles. The summed E-state index contributed by atoms with van der Waals surface area (Å²) < 4.78 is 16.6. The highest BCUT2D eigenvalue weighted by molar-refractivity contribution is 5.92. The molecule has 34 heavy (non-hydrogen) atoms. The van der Waals surface area contributed by atoms with E-state index in [1.165, 1.54) is 0 Å². The molecule has 0 radical (unpaired) electrons. The number of carbonyl (C=O) groups excluding carboxylic acids is 3. The molecule has 1 aliphatic heterocycles. The van der Waals surface area contributed by atoms with Gasteiger partial charge in [-0.1, -0.05) is 19.3 Å². The summed E-state index contributed by atoms with van der Waals surface area (Å²) in [5.74, 6) is 0.183. The molecule has 1 heterocycles. The van der Waals surface area contributed by atoms with E-state index >= 15 is 0 Å². The van der Waals surface area contributed by atoms with Crippen LogP contribution in [0.25, 0.3) is 0 Å². The van der Waals surface area contributed by atoms with Gasteiger partial charge in [0.15, 0.2) is 11.5 Å². The Kier molecular flexibility index (Phi) is 9.01. The number of piperidine rings is 1. The lowest BCUT2D eigenvalue weighted by molar-refractivity contribution is -0.144. The van der Waals surface area contributed by atoms with Gasteiger partial charge in [-0.25, -0.2) is 0 Å². The van der Waals surface area contributed by atoms with E-state index in [2.05, 4.69) is 5.32 Å². The van der Waals surface area contributed by atoms with Crippen LogP contribution in [0.15, 0.2) is 12.1 Å². The molecule has 9 heteroatoms. The zero-order valence-electron chi connectivity index (χ0n) is 20.4. The maximum Gasteiger partial charge on any atom is 0.243 e. The third-order valence-electron chi connectivity index (χ3n) is 6.96. The Morgan fingerprint density at radius 2 is 1.59 bits per heavy atom. The van der Waals surface area contributed by atoms with E-state index in [0.29, 0.717) is 30.2 Å². The van der Waals surface area contributed by atoms with Crippen molar-refractivity contribution in [1.29, 1.82) is 0 Å². The van der Waals surface area contributed by atoms with Crippen molar-refractivity contribution in [2.75, 3.05) is 34.4 Å². The van der Waals surface area contributed by atoms with Gasteiger partial charge in [-0.15, -0.1) is 0 Å². The highest BCUT2D eigenvalue weighted by Gasteiger charge is 2.40. The number of hydrogen-bond acceptors (Lipinski definition) is 6. The number of rotatable bonds is 9. The topological polar surface area (TPSA) is 120 Å². The first-order valence-electron chi connectivity index (χ1n) is 12.1. The largest absolute Gasteiger partial charge is 0.493 e. The van der Waals surface area contributed by atoms with E-state index in [4.69, 9.17) is 19.9 Å². The van der Waals surface area contributed by atoms with Gasteiger partial charge in [0.05, 0.1) is 33.8 Å². The summed E-state index contributed by atoms with van der Waals surface area (Å²) >= 11 is 0. The smallest absolute Gasteiger partial charge is 0.243 e. The van der Waals surface area contributed by atoms with Crippen LogP contribution < -0.4 is 25.3 Å². The molecule has 1 saturated heterocycles. The molecular formula is C25H37N3O6. The van der Waals surface area contributed by atoms with Crippen LogP contribution in [-0.2, 0) is 14.4 Å². The van der Waals surface area contributed by atoms with Crippen molar-refractivity contribution in [3.8, 4) is 17.2 Å². The van der Waals surface area contributed by atoms with E-state index in [0.717, 1.165) is 50.5 Å². The quantitative estimate of drug-likeness (QED) is 0.566. The van der Waals surface area contributed by atoms with Crippen LogP contribution in [0.2, 0.25) is 0 Å².